The van der Waals surface area contributed by atoms with Gasteiger partial charge in [-0.15, -0.1) is 0 Å². The molecule has 2 amide bonds. The Morgan fingerprint density at radius 2 is 2.09 bits per heavy atom. The highest BCUT2D eigenvalue weighted by Gasteiger charge is 2.28. The zero-order valence-corrected chi connectivity index (χ0v) is 13.5. The summed E-state index contributed by atoms with van der Waals surface area (Å²) in [4.78, 5) is 27.4. The van der Waals surface area contributed by atoms with Crippen LogP contribution in [0.1, 0.15) is 18.5 Å². The first kappa shape index (κ1) is 15.6. The third-order valence-corrected chi connectivity index (χ3v) is 4.63. The average Bonchev–Trinajstić information content (AvgIpc) is 3.02. The number of benzene rings is 1. The van der Waals surface area contributed by atoms with Crippen molar-refractivity contribution < 1.29 is 9.59 Å². The van der Waals surface area contributed by atoms with E-state index in [9.17, 15) is 9.59 Å². The van der Waals surface area contributed by atoms with Crippen LogP contribution in [0.25, 0.3) is 11.1 Å². The van der Waals surface area contributed by atoms with Crippen LogP contribution < -0.4 is 10.6 Å². The van der Waals surface area contributed by atoms with E-state index in [-0.39, 0.29) is 17.2 Å². The summed E-state index contributed by atoms with van der Waals surface area (Å²) in [5.74, 6) is 0.337. The molecule has 3 rings (SSSR count). The second kappa shape index (κ2) is 6.83. The number of hydrogen-bond acceptors (Lipinski definition) is 4. The summed E-state index contributed by atoms with van der Waals surface area (Å²) in [6, 6.07) is 11.4. The van der Waals surface area contributed by atoms with Crippen LogP contribution in [0, 0.1) is 0 Å². The molecule has 1 aromatic heterocycles. The molecular formula is C17H17N3O2S. The van der Waals surface area contributed by atoms with Crippen LogP contribution in [-0.2, 0) is 4.79 Å². The van der Waals surface area contributed by atoms with Gasteiger partial charge in [-0.3, -0.25) is 14.6 Å². The van der Waals surface area contributed by atoms with Crippen LogP contribution >= 0.6 is 11.8 Å². The lowest BCUT2D eigenvalue weighted by Gasteiger charge is -2.17. The maximum absolute atomic E-state index is 12.1. The third kappa shape index (κ3) is 3.71. The van der Waals surface area contributed by atoms with Crippen LogP contribution in [0.3, 0.4) is 0 Å². The van der Waals surface area contributed by atoms with Crippen LogP contribution in [-0.4, -0.2) is 27.9 Å². The van der Waals surface area contributed by atoms with Crippen molar-refractivity contribution in [2.24, 2.45) is 0 Å². The van der Waals surface area contributed by atoms with E-state index in [1.807, 2.05) is 49.5 Å². The Labute approximate surface area is 138 Å². The molecule has 1 aliphatic rings. The first-order chi connectivity index (χ1) is 11.1. The minimum atomic E-state index is -0.440. The minimum absolute atomic E-state index is 0.118. The molecule has 0 aliphatic carbocycles. The standard InChI is InChI=1S/C17H17N3O2S/c1-11(19-16(21)15-10-23-17(22)20-15)12-4-6-13(7-5-12)14-3-2-8-18-9-14/h2-9,11,15H,10H2,1H3,(H,19,21)(H,20,22)/t11-,15+/m0/s1. The molecule has 6 heteroatoms. The monoisotopic (exact) mass is 327 g/mol. The molecule has 0 saturated carbocycles. The Hall–Kier alpha value is -2.34. The second-order valence-corrected chi connectivity index (χ2v) is 6.38. The van der Waals surface area contributed by atoms with Crippen molar-refractivity contribution in [1.29, 1.82) is 0 Å². The van der Waals surface area contributed by atoms with E-state index in [0.717, 1.165) is 28.5 Å². The van der Waals surface area contributed by atoms with E-state index in [4.69, 9.17) is 0 Å². The number of nitrogens with one attached hydrogen (secondary N) is 2. The van der Waals surface area contributed by atoms with Gasteiger partial charge in [0.15, 0.2) is 0 Å². The molecule has 0 bridgehead atoms. The van der Waals surface area contributed by atoms with Gasteiger partial charge in [0.05, 0.1) is 6.04 Å². The molecule has 5 nitrogen and oxygen atoms in total. The summed E-state index contributed by atoms with van der Waals surface area (Å²) >= 11 is 1.14. The van der Waals surface area contributed by atoms with Gasteiger partial charge in [-0.1, -0.05) is 42.1 Å². The summed E-state index contributed by atoms with van der Waals surface area (Å²) in [7, 11) is 0. The smallest absolute Gasteiger partial charge is 0.279 e. The van der Waals surface area contributed by atoms with Gasteiger partial charge in [0, 0.05) is 18.1 Å². The number of carbonyl (C=O) groups excluding carboxylic acids is 2. The Kier molecular flexibility index (Phi) is 4.62. The molecule has 2 heterocycles. The highest BCUT2D eigenvalue weighted by atomic mass is 32.2. The van der Waals surface area contributed by atoms with Gasteiger partial charge in [-0.2, -0.15) is 0 Å². The van der Waals surface area contributed by atoms with Crippen molar-refractivity contribution in [2.45, 2.75) is 19.0 Å². The minimum Gasteiger partial charge on any atom is -0.348 e. The molecule has 118 valence electrons. The summed E-state index contributed by atoms with van der Waals surface area (Å²) < 4.78 is 0. The fourth-order valence-corrected chi connectivity index (χ4v) is 3.20. The summed E-state index contributed by atoms with van der Waals surface area (Å²) in [6.45, 7) is 1.93. The SMILES string of the molecule is C[C@H](NC(=O)[C@H]1CSC(=O)N1)c1ccc(-c2cccnc2)cc1. The van der Waals surface area contributed by atoms with Gasteiger partial charge in [0.25, 0.3) is 5.24 Å². The largest absolute Gasteiger partial charge is 0.348 e. The Bertz CT molecular complexity index is 704. The van der Waals surface area contributed by atoms with E-state index in [1.165, 1.54) is 0 Å². The fourth-order valence-electron chi connectivity index (χ4n) is 2.42. The van der Waals surface area contributed by atoms with Crippen molar-refractivity contribution in [3.8, 4) is 11.1 Å². The molecule has 0 radical (unpaired) electrons. The van der Waals surface area contributed by atoms with E-state index >= 15 is 0 Å². The van der Waals surface area contributed by atoms with Crippen molar-refractivity contribution in [1.82, 2.24) is 15.6 Å². The Balaban J connectivity index is 1.65. The van der Waals surface area contributed by atoms with Crippen molar-refractivity contribution >= 4 is 22.9 Å². The van der Waals surface area contributed by atoms with Crippen LogP contribution in [0.5, 0.6) is 0 Å². The van der Waals surface area contributed by atoms with Crippen molar-refractivity contribution in [3.63, 3.8) is 0 Å². The van der Waals surface area contributed by atoms with Gasteiger partial charge in [0.1, 0.15) is 6.04 Å². The molecule has 1 saturated heterocycles. The number of amides is 2. The molecular weight excluding hydrogens is 310 g/mol. The Morgan fingerprint density at radius 3 is 2.70 bits per heavy atom. The van der Waals surface area contributed by atoms with Crippen LogP contribution in [0.2, 0.25) is 0 Å². The molecule has 0 unspecified atom stereocenters. The fraction of sp³-hybridized carbons (Fsp3) is 0.235. The quantitative estimate of drug-likeness (QED) is 0.906. The van der Waals surface area contributed by atoms with Gasteiger partial charge in [0.2, 0.25) is 5.91 Å². The van der Waals surface area contributed by atoms with E-state index < -0.39 is 6.04 Å². The lowest BCUT2D eigenvalue weighted by atomic mass is 10.0. The second-order valence-electron chi connectivity index (χ2n) is 5.39. The average molecular weight is 327 g/mol. The molecule has 23 heavy (non-hydrogen) atoms. The molecule has 0 spiro atoms. The van der Waals surface area contributed by atoms with Crippen LogP contribution in [0.4, 0.5) is 4.79 Å². The predicted molar refractivity (Wildman–Crippen MR) is 91.0 cm³/mol. The van der Waals surface area contributed by atoms with E-state index in [2.05, 4.69) is 15.6 Å². The zero-order chi connectivity index (χ0) is 16.2. The molecule has 2 N–H and O–H groups in total. The summed E-state index contributed by atoms with van der Waals surface area (Å²) in [5, 5.41) is 5.44. The molecule has 1 aromatic carbocycles. The maximum atomic E-state index is 12.1. The predicted octanol–water partition coefficient (Wildman–Crippen LogP) is 2.75. The maximum Gasteiger partial charge on any atom is 0.279 e. The molecule has 2 aromatic rings. The van der Waals surface area contributed by atoms with Gasteiger partial charge < -0.3 is 10.6 Å². The molecule has 1 aliphatic heterocycles. The number of rotatable bonds is 4. The lowest BCUT2D eigenvalue weighted by Crippen LogP contribution is -2.43. The molecule has 1 fully saturated rings. The Morgan fingerprint density at radius 1 is 1.30 bits per heavy atom. The lowest BCUT2D eigenvalue weighted by molar-refractivity contribution is -0.122. The van der Waals surface area contributed by atoms with E-state index in [1.54, 1.807) is 6.20 Å². The molecule has 2 atom stereocenters. The number of hydrogen-bond donors (Lipinski definition) is 2. The van der Waals surface area contributed by atoms with Crippen molar-refractivity contribution in [3.05, 3.63) is 54.4 Å². The van der Waals surface area contributed by atoms with Gasteiger partial charge in [-0.25, -0.2) is 0 Å². The first-order valence-corrected chi connectivity index (χ1v) is 8.36. The zero-order valence-electron chi connectivity index (χ0n) is 12.7. The van der Waals surface area contributed by atoms with E-state index in [0.29, 0.717) is 5.75 Å². The normalized spacial score (nSPS) is 18.3. The highest BCUT2D eigenvalue weighted by Crippen LogP contribution is 2.21. The number of carbonyl (C=O) groups is 2. The number of nitrogens with zero attached hydrogens (tertiary/aromatic N) is 1. The van der Waals surface area contributed by atoms with Gasteiger partial charge in [-0.05, 0) is 29.7 Å². The van der Waals surface area contributed by atoms with Crippen molar-refractivity contribution in [2.75, 3.05) is 5.75 Å². The van der Waals surface area contributed by atoms with Crippen LogP contribution in [0.15, 0.2) is 48.8 Å². The highest BCUT2D eigenvalue weighted by molar-refractivity contribution is 8.14. The number of aromatic nitrogens is 1. The number of pyridine rings is 1. The third-order valence-electron chi connectivity index (χ3n) is 3.75. The summed E-state index contributed by atoms with van der Waals surface area (Å²) in [6.07, 6.45) is 3.57. The topological polar surface area (TPSA) is 71.1 Å². The number of thioether (sulfide) groups is 1. The summed E-state index contributed by atoms with van der Waals surface area (Å²) in [5.41, 5.74) is 3.16. The first-order valence-electron chi connectivity index (χ1n) is 7.37. The van der Waals surface area contributed by atoms with Gasteiger partial charge >= 0.3 is 0 Å².